The zero-order valence-corrected chi connectivity index (χ0v) is 6.83. The fraction of sp³-hybridized carbons (Fsp3) is 0.200. The number of aryl methyl sites for hydroxylation is 1. The van der Waals surface area contributed by atoms with Gasteiger partial charge < -0.3 is 15.8 Å². The zero-order valence-electron chi connectivity index (χ0n) is 10.8. The highest BCUT2D eigenvalue weighted by Gasteiger charge is 2.02. The lowest BCUT2D eigenvalue weighted by Gasteiger charge is -1.96. The molecule has 1 heterocycles. The molecule has 0 aliphatic carbocycles. The van der Waals surface area contributed by atoms with Crippen molar-refractivity contribution in [3.8, 4) is 5.75 Å². The van der Waals surface area contributed by atoms with E-state index in [1.165, 1.54) is 18.3 Å². The number of phenols is 1. The van der Waals surface area contributed by atoms with Crippen LogP contribution < -0.4 is 5.73 Å². The molecule has 0 fully saturated rings. The van der Waals surface area contributed by atoms with Gasteiger partial charge in [0.15, 0.2) is 0 Å². The Hall–Kier alpha value is -1.48. The minimum atomic E-state index is -2.51. The number of phenolic OH excluding ortho intramolecular Hbond substituents is 1. The van der Waals surface area contributed by atoms with Gasteiger partial charge in [-0.25, -0.2) is 0 Å². The van der Waals surface area contributed by atoms with Crippen molar-refractivity contribution >= 4 is 10.9 Å². The Morgan fingerprint density at radius 3 is 3.15 bits per heavy atom. The normalized spacial score (nSPS) is 17.6. The van der Waals surface area contributed by atoms with Crippen molar-refractivity contribution in [2.45, 2.75) is 6.37 Å². The molecule has 0 bridgehead atoms. The first kappa shape index (κ1) is 4.67. The Morgan fingerprint density at radius 1 is 1.54 bits per heavy atom. The smallest absolute Gasteiger partial charge is 0.116 e. The predicted molar refractivity (Wildman–Crippen MR) is 52.7 cm³/mol. The minimum Gasteiger partial charge on any atom is -0.508 e. The predicted octanol–water partition coefficient (Wildman–Crippen LogP) is 1.37. The summed E-state index contributed by atoms with van der Waals surface area (Å²) < 4.78 is 30.2. The molecule has 0 saturated heterocycles. The van der Waals surface area contributed by atoms with Gasteiger partial charge in [0.25, 0.3) is 0 Å². The van der Waals surface area contributed by atoms with Gasteiger partial charge >= 0.3 is 0 Å². The number of rotatable bonds is 2. The third-order valence-corrected chi connectivity index (χ3v) is 1.87. The molecule has 1 aromatic heterocycles. The average molecular weight is 181 g/mol. The van der Waals surface area contributed by atoms with E-state index in [0.717, 1.165) is 0 Å². The van der Waals surface area contributed by atoms with Crippen LogP contribution >= 0.6 is 0 Å². The number of H-pyrrole nitrogens is 1. The molecule has 0 amide bonds. The molecule has 68 valence electrons. The van der Waals surface area contributed by atoms with Crippen molar-refractivity contribution in [1.82, 2.24) is 4.98 Å². The van der Waals surface area contributed by atoms with Gasteiger partial charge in [-0.2, -0.15) is 0 Å². The Bertz CT molecular complexity index is 559. The number of benzene rings is 1. The summed E-state index contributed by atoms with van der Waals surface area (Å²) >= 11 is 0. The van der Waals surface area contributed by atoms with Crippen LogP contribution in [0.5, 0.6) is 5.75 Å². The summed E-state index contributed by atoms with van der Waals surface area (Å²) in [7, 11) is 0. The molecule has 0 aliphatic heterocycles. The van der Waals surface area contributed by atoms with E-state index in [9.17, 15) is 5.11 Å². The first-order chi connectivity index (χ1) is 7.73. The Labute approximate surface area is 81.8 Å². The molecule has 1 aromatic carbocycles. The van der Waals surface area contributed by atoms with Crippen LogP contribution in [0.15, 0.2) is 24.4 Å². The van der Waals surface area contributed by atoms with Gasteiger partial charge in [-0.15, -0.1) is 0 Å². The van der Waals surface area contributed by atoms with E-state index in [4.69, 9.17) is 11.2 Å². The van der Waals surface area contributed by atoms with Crippen LogP contribution in [0.1, 0.15) is 11.0 Å². The lowest BCUT2D eigenvalue weighted by atomic mass is 10.2. The molecule has 2 aromatic rings. The number of hydrogen-bond donors (Lipinski definition) is 3. The summed E-state index contributed by atoms with van der Waals surface area (Å²) in [6, 6.07) is 4.44. The number of aromatic nitrogens is 1. The van der Waals surface area contributed by atoms with Crippen LogP contribution in [0.25, 0.3) is 10.9 Å². The Balaban J connectivity index is 2.68. The first-order valence-corrected chi connectivity index (χ1v) is 3.83. The molecule has 0 aliphatic rings. The maximum Gasteiger partial charge on any atom is 0.116 e. The van der Waals surface area contributed by atoms with Gasteiger partial charge in [0.2, 0.25) is 0 Å². The van der Waals surface area contributed by atoms with Gasteiger partial charge in [-0.3, -0.25) is 0 Å². The summed E-state index contributed by atoms with van der Waals surface area (Å²) in [6.45, 7) is -2.51. The quantitative estimate of drug-likeness (QED) is 0.613. The fourth-order valence-electron chi connectivity index (χ4n) is 1.29. The van der Waals surface area contributed by atoms with Gasteiger partial charge in [0.1, 0.15) is 5.75 Å². The van der Waals surface area contributed by atoms with Crippen LogP contribution in [0, 0.1) is 0 Å². The summed E-state index contributed by atoms with van der Waals surface area (Å²) in [4.78, 5) is 2.82. The van der Waals surface area contributed by atoms with E-state index in [1.54, 1.807) is 6.07 Å². The first-order valence-electron chi connectivity index (χ1n) is 5.83. The standard InChI is InChI=1S/C10H12N2O/c11-4-3-7-6-12-10-2-1-8(13)5-9(7)10/h1-2,5-6,12-13H,3-4,11H2/i3+1D2,4D2. The number of nitrogens with one attached hydrogen (secondary N) is 1. The second-order valence-electron chi connectivity index (χ2n) is 2.70. The summed E-state index contributed by atoms with van der Waals surface area (Å²) in [5.41, 5.74) is 5.93. The van der Waals surface area contributed by atoms with Crippen molar-refractivity contribution in [3.05, 3.63) is 30.0 Å². The van der Waals surface area contributed by atoms with Crippen LogP contribution in [0.3, 0.4) is 0 Å². The largest absolute Gasteiger partial charge is 0.508 e. The molecule has 0 spiro atoms. The third-order valence-electron chi connectivity index (χ3n) is 1.87. The van der Waals surface area contributed by atoms with Crippen molar-refractivity contribution in [1.29, 1.82) is 0 Å². The SMILES string of the molecule is [2H]C([2H])(N)[13C]([2H])([2H])c1c[nH]c2ccc(O)cc12. The van der Waals surface area contributed by atoms with E-state index >= 15 is 0 Å². The van der Waals surface area contributed by atoms with Crippen LogP contribution in [-0.2, 0) is 6.37 Å². The fourth-order valence-corrected chi connectivity index (χ4v) is 1.29. The van der Waals surface area contributed by atoms with E-state index in [1.807, 2.05) is 0 Å². The van der Waals surface area contributed by atoms with Crippen molar-refractivity contribution in [3.63, 3.8) is 0 Å². The minimum absolute atomic E-state index is 0.00765. The van der Waals surface area contributed by atoms with Gasteiger partial charge in [-0.05, 0) is 36.6 Å². The Morgan fingerprint density at radius 2 is 2.38 bits per heavy atom. The molecular formula is C10H12N2O. The highest BCUT2D eigenvalue weighted by Crippen LogP contribution is 2.22. The van der Waals surface area contributed by atoms with Crippen LogP contribution in [0.4, 0.5) is 0 Å². The van der Waals surface area contributed by atoms with Crippen molar-refractivity contribution in [2.24, 2.45) is 5.73 Å². The molecule has 3 heteroatoms. The van der Waals surface area contributed by atoms with Crippen molar-refractivity contribution < 1.29 is 10.6 Å². The van der Waals surface area contributed by atoms with E-state index < -0.39 is 12.9 Å². The lowest BCUT2D eigenvalue weighted by molar-refractivity contribution is 0.476. The van der Waals surface area contributed by atoms with Gasteiger partial charge in [-0.1, -0.05) is 0 Å². The summed E-state index contributed by atoms with van der Waals surface area (Å²) in [5.74, 6) is -0.00765. The Kier molecular flexibility index (Phi) is 1.12. The van der Waals surface area contributed by atoms with E-state index in [2.05, 4.69) is 4.98 Å². The monoisotopic (exact) mass is 181 g/mol. The zero-order chi connectivity index (χ0) is 12.8. The third kappa shape index (κ3) is 1.38. The second kappa shape index (κ2) is 3.11. The maximum atomic E-state index is 9.38. The lowest BCUT2D eigenvalue weighted by Crippen LogP contribution is -2.01. The van der Waals surface area contributed by atoms with Crippen LogP contribution in [0.2, 0.25) is 0 Å². The number of hydrogen-bond acceptors (Lipinski definition) is 2. The van der Waals surface area contributed by atoms with E-state index in [0.29, 0.717) is 10.9 Å². The second-order valence-corrected chi connectivity index (χ2v) is 2.70. The highest BCUT2D eigenvalue weighted by molar-refractivity contribution is 5.84. The van der Waals surface area contributed by atoms with Crippen molar-refractivity contribution in [2.75, 3.05) is 6.50 Å². The topological polar surface area (TPSA) is 62.0 Å². The number of fused-ring (bicyclic) bond motifs is 1. The van der Waals surface area contributed by atoms with E-state index in [-0.39, 0.29) is 11.3 Å². The molecule has 0 atom stereocenters. The van der Waals surface area contributed by atoms with Gasteiger partial charge in [0.05, 0.1) is 0 Å². The molecule has 0 unspecified atom stereocenters. The number of nitrogens with two attached hydrogens (primary N) is 1. The molecule has 3 nitrogen and oxygen atoms in total. The molecular weight excluding hydrogens is 165 g/mol. The van der Waals surface area contributed by atoms with Crippen LogP contribution in [-0.4, -0.2) is 16.6 Å². The molecule has 4 N–H and O–H groups in total. The summed E-state index contributed by atoms with van der Waals surface area (Å²) in [5, 5.41) is 9.80. The molecule has 0 radical (unpaired) electrons. The average Bonchev–Trinajstić information content (AvgIpc) is 2.58. The number of aromatic hydroxyl groups is 1. The maximum absolute atomic E-state index is 9.38. The molecule has 2 rings (SSSR count). The summed E-state index contributed by atoms with van der Waals surface area (Å²) in [6.07, 6.45) is -0.978. The molecule has 13 heavy (non-hydrogen) atoms. The van der Waals surface area contributed by atoms with Gasteiger partial charge in [0, 0.05) is 22.6 Å². The highest BCUT2D eigenvalue weighted by atomic mass is 16.3. The molecule has 0 saturated carbocycles. The number of aromatic amines is 1.